The second-order valence-corrected chi connectivity index (χ2v) is 3.78. The van der Waals surface area contributed by atoms with Gasteiger partial charge in [-0.05, 0) is 23.8 Å². The Balaban J connectivity index is 2.18. The molecule has 0 bridgehead atoms. The van der Waals surface area contributed by atoms with Crippen LogP contribution in [0.4, 0.5) is 5.69 Å². The molecule has 1 amide bonds. The molecular formula is C12H10BrNO2. The van der Waals surface area contributed by atoms with Crippen LogP contribution >= 0.6 is 15.9 Å². The van der Waals surface area contributed by atoms with Crippen molar-refractivity contribution in [2.24, 2.45) is 0 Å². The molecule has 4 heteroatoms. The van der Waals surface area contributed by atoms with Crippen molar-refractivity contribution in [2.75, 3.05) is 5.32 Å². The average Bonchev–Trinajstić information content (AvgIpc) is 2.83. The van der Waals surface area contributed by atoms with Gasteiger partial charge >= 0.3 is 0 Å². The number of hydrogen-bond acceptors (Lipinski definition) is 2. The van der Waals surface area contributed by atoms with Crippen molar-refractivity contribution in [2.45, 2.75) is 5.33 Å². The molecule has 0 saturated carbocycles. The van der Waals surface area contributed by atoms with E-state index < -0.39 is 0 Å². The van der Waals surface area contributed by atoms with Gasteiger partial charge in [0.15, 0.2) is 5.76 Å². The number of halogens is 1. The number of alkyl halides is 1. The second-order valence-electron chi connectivity index (χ2n) is 3.22. The third-order valence-corrected chi connectivity index (χ3v) is 2.76. The van der Waals surface area contributed by atoms with E-state index in [1.807, 2.05) is 24.3 Å². The maximum atomic E-state index is 11.7. The van der Waals surface area contributed by atoms with Crippen LogP contribution in [0.25, 0.3) is 0 Å². The van der Waals surface area contributed by atoms with Crippen LogP contribution in [-0.4, -0.2) is 5.91 Å². The first-order valence-electron chi connectivity index (χ1n) is 4.80. The van der Waals surface area contributed by atoms with E-state index in [1.165, 1.54) is 6.26 Å². The molecule has 1 heterocycles. The molecule has 3 nitrogen and oxygen atoms in total. The molecule has 0 saturated heterocycles. The van der Waals surface area contributed by atoms with Gasteiger partial charge in [0.25, 0.3) is 5.91 Å². The number of carbonyl (C=O) groups is 1. The normalized spacial score (nSPS) is 10.1. The van der Waals surface area contributed by atoms with E-state index in [4.69, 9.17) is 4.42 Å². The molecule has 0 radical (unpaired) electrons. The Bertz CT molecular complexity index is 480. The Morgan fingerprint density at radius 2 is 2.06 bits per heavy atom. The van der Waals surface area contributed by atoms with Gasteiger partial charge in [-0.15, -0.1) is 0 Å². The summed E-state index contributed by atoms with van der Waals surface area (Å²) in [6.07, 6.45) is 1.48. The van der Waals surface area contributed by atoms with Crippen LogP contribution in [0.15, 0.2) is 47.1 Å². The van der Waals surface area contributed by atoms with E-state index in [-0.39, 0.29) is 5.91 Å². The highest BCUT2D eigenvalue weighted by atomic mass is 79.9. The number of rotatable bonds is 3. The van der Waals surface area contributed by atoms with Crippen molar-refractivity contribution >= 4 is 27.5 Å². The predicted octanol–water partition coefficient (Wildman–Crippen LogP) is 3.43. The van der Waals surface area contributed by atoms with Gasteiger partial charge in [0.1, 0.15) is 0 Å². The first-order chi connectivity index (χ1) is 7.81. The Labute approximate surface area is 102 Å². The minimum atomic E-state index is -0.238. The fourth-order valence-corrected chi connectivity index (χ4v) is 1.84. The molecule has 0 atom stereocenters. The molecule has 0 aliphatic heterocycles. The summed E-state index contributed by atoms with van der Waals surface area (Å²) >= 11 is 3.37. The number of benzene rings is 1. The molecule has 16 heavy (non-hydrogen) atoms. The molecule has 2 aromatic rings. The third kappa shape index (κ3) is 2.33. The smallest absolute Gasteiger partial charge is 0.291 e. The van der Waals surface area contributed by atoms with E-state index in [9.17, 15) is 4.79 Å². The summed E-state index contributed by atoms with van der Waals surface area (Å²) in [6, 6.07) is 10.9. The Hall–Kier alpha value is -1.55. The summed E-state index contributed by atoms with van der Waals surface area (Å²) in [5.41, 5.74) is 1.82. The van der Waals surface area contributed by atoms with Gasteiger partial charge in [0.2, 0.25) is 0 Å². The molecule has 1 N–H and O–H groups in total. The average molecular weight is 280 g/mol. The molecule has 1 aromatic heterocycles. The molecule has 0 aliphatic rings. The van der Waals surface area contributed by atoms with E-state index in [1.54, 1.807) is 12.1 Å². The van der Waals surface area contributed by atoms with Gasteiger partial charge in [-0.25, -0.2) is 0 Å². The Kier molecular flexibility index (Phi) is 3.41. The standard InChI is InChI=1S/C12H10BrNO2/c13-8-9-4-1-2-5-10(9)14-12(15)11-6-3-7-16-11/h1-7H,8H2,(H,14,15). The zero-order chi connectivity index (χ0) is 11.4. The lowest BCUT2D eigenvalue weighted by molar-refractivity contribution is 0.0996. The molecule has 2 rings (SSSR count). The molecule has 0 unspecified atom stereocenters. The summed E-state index contributed by atoms with van der Waals surface area (Å²) in [5, 5.41) is 3.50. The van der Waals surface area contributed by atoms with Gasteiger partial charge in [0, 0.05) is 11.0 Å². The maximum absolute atomic E-state index is 11.7. The van der Waals surface area contributed by atoms with E-state index in [0.29, 0.717) is 11.1 Å². The summed E-state index contributed by atoms with van der Waals surface area (Å²) in [7, 11) is 0. The van der Waals surface area contributed by atoms with Crippen LogP contribution in [0.1, 0.15) is 16.1 Å². The number of para-hydroxylation sites is 1. The van der Waals surface area contributed by atoms with Crippen LogP contribution in [0.3, 0.4) is 0 Å². The zero-order valence-corrected chi connectivity index (χ0v) is 10.0. The van der Waals surface area contributed by atoms with Gasteiger partial charge in [-0.1, -0.05) is 34.1 Å². The molecular weight excluding hydrogens is 270 g/mol. The molecule has 1 aromatic carbocycles. The lowest BCUT2D eigenvalue weighted by Crippen LogP contribution is -2.11. The van der Waals surface area contributed by atoms with Crippen molar-refractivity contribution in [1.82, 2.24) is 0 Å². The van der Waals surface area contributed by atoms with Crippen molar-refractivity contribution < 1.29 is 9.21 Å². The van der Waals surface area contributed by atoms with Crippen LogP contribution in [0, 0.1) is 0 Å². The lowest BCUT2D eigenvalue weighted by Gasteiger charge is -2.07. The summed E-state index contributed by atoms with van der Waals surface area (Å²) in [4.78, 5) is 11.7. The van der Waals surface area contributed by atoms with E-state index in [2.05, 4.69) is 21.2 Å². The number of amides is 1. The lowest BCUT2D eigenvalue weighted by atomic mass is 10.2. The first kappa shape index (κ1) is 11.0. The fourth-order valence-electron chi connectivity index (χ4n) is 1.35. The van der Waals surface area contributed by atoms with Gasteiger partial charge in [-0.3, -0.25) is 4.79 Å². The topological polar surface area (TPSA) is 42.2 Å². The highest BCUT2D eigenvalue weighted by Gasteiger charge is 2.10. The number of hydrogen-bond donors (Lipinski definition) is 1. The highest BCUT2D eigenvalue weighted by Crippen LogP contribution is 2.18. The van der Waals surface area contributed by atoms with E-state index >= 15 is 0 Å². The SMILES string of the molecule is O=C(Nc1ccccc1CBr)c1ccco1. The molecule has 0 spiro atoms. The van der Waals surface area contributed by atoms with Crippen LogP contribution in [-0.2, 0) is 5.33 Å². The first-order valence-corrected chi connectivity index (χ1v) is 5.92. The largest absolute Gasteiger partial charge is 0.459 e. The number of furan rings is 1. The Morgan fingerprint density at radius 1 is 1.25 bits per heavy atom. The van der Waals surface area contributed by atoms with Crippen molar-refractivity contribution in [3.05, 3.63) is 54.0 Å². The van der Waals surface area contributed by atoms with Gasteiger partial charge in [-0.2, -0.15) is 0 Å². The quantitative estimate of drug-likeness (QED) is 0.875. The van der Waals surface area contributed by atoms with Crippen LogP contribution in [0.5, 0.6) is 0 Å². The molecule has 82 valence electrons. The summed E-state index contributed by atoms with van der Waals surface area (Å²) in [5.74, 6) is 0.0720. The Morgan fingerprint density at radius 3 is 2.75 bits per heavy atom. The number of anilines is 1. The van der Waals surface area contributed by atoms with Crippen molar-refractivity contribution in [3.63, 3.8) is 0 Å². The fraction of sp³-hybridized carbons (Fsp3) is 0.0833. The van der Waals surface area contributed by atoms with Gasteiger partial charge in [0.05, 0.1) is 6.26 Å². The predicted molar refractivity (Wildman–Crippen MR) is 65.7 cm³/mol. The number of carbonyl (C=O) groups excluding carboxylic acids is 1. The van der Waals surface area contributed by atoms with E-state index in [0.717, 1.165) is 11.3 Å². The monoisotopic (exact) mass is 279 g/mol. The van der Waals surface area contributed by atoms with Crippen LogP contribution < -0.4 is 5.32 Å². The number of nitrogens with one attached hydrogen (secondary N) is 1. The minimum Gasteiger partial charge on any atom is -0.459 e. The second kappa shape index (κ2) is 4.99. The van der Waals surface area contributed by atoms with Gasteiger partial charge < -0.3 is 9.73 Å². The third-order valence-electron chi connectivity index (χ3n) is 2.15. The summed E-state index contributed by atoms with van der Waals surface area (Å²) in [6.45, 7) is 0. The van der Waals surface area contributed by atoms with Crippen LogP contribution in [0.2, 0.25) is 0 Å². The summed E-state index contributed by atoms with van der Waals surface area (Å²) < 4.78 is 5.02. The minimum absolute atomic E-state index is 0.238. The molecule has 0 aliphatic carbocycles. The highest BCUT2D eigenvalue weighted by molar-refractivity contribution is 9.08. The molecule has 0 fully saturated rings. The zero-order valence-electron chi connectivity index (χ0n) is 8.44. The maximum Gasteiger partial charge on any atom is 0.291 e. The van der Waals surface area contributed by atoms with Crippen molar-refractivity contribution in [3.8, 4) is 0 Å². The van der Waals surface area contributed by atoms with Crippen molar-refractivity contribution in [1.29, 1.82) is 0 Å².